The summed E-state index contributed by atoms with van der Waals surface area (Å²) in [5, 5.41) is 3.48. The minimum absolute atomic E-state index is 0.120. The predicted molar refractivity (Wildman–Crippen MR) is 65.0 cm³/mol. The lowest BCUT2D eigenvalue weighted by Gasteiger charge is -2.43. The Labute approximate surface area is 97.1 Å². The fourth-order valence-electron chi connectivity index (χ4n) is 2.91. The maximum absolute atomic E-state index is 12.9. The van der Waals surface area contributed by atoms with Gasteiger partial charge in [-0.3, -0.25) is 0 Å². The molecule has 1 aliphatic heterocycles. The monoisotopic (exact) mass is 221 g/mol. The molecule has 1 atom stereocenters. The summed E-state index contributed by atoms with van der Waals surface area (Å²) in [7, 11) is 0. The van der Waals surface area contributed by atoms with Crippen molar-refractivity contribution in [2.75, 3.05) is 13.1 Å². The maximum Gasteiger partial charge on any atom is 0.123 e. The van der Waals surface area contributed by atoms with Gasteiger partial charge < -0.3 is 5.32 Å². The molecule has 1 aromatic rings. The van der Waals surface area contributed by atoms with E-state index in [9.17, 15) is 4.39 Å². The molecule has 0 radical (unpaired) electrons. The van der Waals surface area contributed by atoms with E-state index in [0.717, 1.165) is 19.5 Å². The highest BCUT2D eigenvalue weighted by molar-refractivity contribution is 5.27. The lowest BCUT2D eigenvalue weighted by Crippen LogP contribution is -2.49. The van der Waals surface area contributed by atoms with Crippen LogP contribution in [-0.2, 0) is 5.41 Å². The van der Waals surface area contributed by atoms with E-state index in [-0.39, 0.29) is 11.2 Å². The molecule has 1 fully saturated rings. The van der Waals surface area contributed by atoms with Gasteiger partial charge in [0.05, 0.1) is 0 Å². The number of hydrogen-bond acceptors (Lipinski definition) is 1. The van der Waals surface area contributed by atoms with Crippen LogP contribution in [0.5, 0.6) is 0 Å². The molecule has 0 bridgehead atoms. The third kappa shape index (κ3) is 2.27. The molecule has 0 aliphatic carbocycles. The Bertz CT molecular complexity index is 369. The van der Waals surface area contributed by atoms with Crippen molar-refractivity contribution in [3.05, 3.63) is 35.6 Å². The summed E-state index contributed by atoms with van der Waals surface area (Å²) in [4.78, 5) is 0. The van der Waals surface area contributed by atoms with E-state index in [1.807, 2.05) is 12.1 Å². The molecule has 88 valence electrons. The first-order valence-corrected chi connectivity index (χ1v) is 5.88. The van der Waals surface area contributed by atoms with Gasteiger partial charge in [-0.25, -0.2) is 4.39 Å². The zero-order valence-electron chi connectivity index (χ0n) is 10.3. The number of nitrogens with one attached hydrogen (secondary N) is 1. The van der Waals surface area contributed by atoms with Gasteiger partial charge in [-0.15, -0.1) is 0 Å². The van der Waals surface area contributed by atoms with Gasteiger partial charge in [-0.05, 0) is 29.5 Å². The predicted octanol–water partition coefficient (Wildman–Crippen LogP) is 3.10. The summed E-state index contributed by atoms with van der Waals surface area (Å²) in [6.07, 6.45) is 1.14. The lowest BCUT2D eigenvalue weighted by atomic mass is 9.67. The summed E-state index contributed by atoms with van der Waals surface area (Å²) in [5.74, 6) is -0.157. The number of benzene rings is 1. The third-order valence-electron chi connectivity index (χ3n) is 3.53. The number of halogens is 1. The largest absolute Gasteiger partial charge is 0.315 e. The molecule has 0 spiro atoms. The van der Waals surface area contributed by atoms with Crippen LogP contribution in [0.15, 0.2) is 24.3 Å². The molecule has 1 unspecified atom stereocenters. The van der Waals surface area contributed by atoms with E-state index >= 15 is 0 Å². The van der Waals surface area contributed by atoms with Crippen LogP contribution in [0.25, 0.3) is 0 Å². The highest BCUT2D eigenvalue weighted by atomic mass is 19.1. The van der Waals surface area contributed by atoms with Gasteiger partial charge in [0, 0.05) is 18.5 Å². The zero-order valence-corrected chi connectivity index (χ0v) is 10.3. The van der Waals surface area contributed by atoms with Crippen molar-refractivity contribution < 1.29 is 4.39 Å². The Kier molecular flexibility index (Phi) is 2.79. The third-order valence-corrected chi connectivity index (χ3v) is 3.53. The second-order valence-corrected chi connectivity index (χ2v) is 6.01. The molecule has 1 heterocycles. The van der Waals surface area contributed by atoms with Gasteiger partial charge >= 0.3 is 0 Å². The molecular weight excluding hydrogens is 201 g/mol. The quantitative estimate of drug-likeness (QED) is 0.768. The van der Waals surface area contributed by atoms with Crippen LogP contribution >= 0.6 is 0 Å². The molecule has 1 N–H and O–H groups in total. The minimum Gasteiger partial charge on any atom is -0.315 e. The summed E-state index contributed by atoms with van der Waals surface area (Å²) in [6.45, 7) is 8.85. The molecule has 2 rings (SSSR count). The first kappa shape index (κ1) is 11.6. The van der Waals surface area contributed by atoms with E-state index in [1.165, 1.54) is 5.56 Å². The van der Waals surface area contributed by atoms with Gasteiger partial charge in [-0.1, -0.05) is 32.9 Å². The van der Waals surface area contributed by atoms with Gasteiger partial charge in [0.25, 0.3) is 0 Å². The van der Waals surface area contributed by atoms with Gasteiger partial charge in [0.1, 0.15) is 5.82 Å². The van der Waals surface area contributed by atoms with Crippen LogP contribution in [0, 0.1) is 11.2 Å². The molecule has 16 heavy (non-hydrogen) atoms. The fourth-order valence-corrected chi connectivity index (χ4v) is 2.91. The summed E-state index contributed by atoms with van der Waals surface area (Å²) in [5.41, 5.74) is 1.66. The maximum atomic E-state index is 12.9. The van der Waals surface area contributed by atoms with Crippen molar-refractivity contribution in [2.24, 2.45) is 5.41 Å². The van der Waals surface area contributed by atoms with Crippen LogP contribution < -0.4 is 5.32 Å². The molecule has 1 saturated heterocycles. The zero-order chi connectivity index (χ0) is 11.8. The summed E-state index contributed by atoms with van der Waals surface area (Å²) >= 11 is 0. The van der Waals surface area contributed by atoms with E-state index in [1.54, 1.807) is 12.1 Å². The Balaban J connectivity index is 2.27. The van der Waals surface area contributed by atoms with Crippen LogP contribution in [0.1, 0.15) is 32.8 Å². The molecule has 0 saturated carbocycles. The average molecular weight is 221 g/mol. The van der Waals surface area contributed by atoms with Crippen LogP contribution in [0.2, 0.25) is 0 Å². The van der Waals surface area contributed by atoms with Crippen molar-refractivity contribution in [1.29, 1.82) is 0 Å². The second-order valence-electron chi connectivity index (χ2n) is 6.01. The Morgan fingerprint density at radius 1 is 1.06 bits per heavy atom. The Morgan fingerprint density at radius 3 is 2.25 bits per heavy atom. The molecule has 1 nitrogen and oxygen atoms in total. The van der Waals surface area contributed by atoms with E-state index in [2.05, 4.69) is 26.1 Å². The Hall–Kier alpha value is -0.890. The van der Waals surface area contributed by atoms with Crippen molar-refractivity contribution in [3.63, 3.8) is 0 Å². The second kappa shape index (κ2) is 3.85. The first-order chi connectivity index (χ1) is 7.41. The van der Waals surface area contributed by atoms with E-state index in [4.69, 9.17) is 0 Å². The number of rotatable bonds is 1. The van der Waals surface area contributed by atoms with Crippen LogP contribution in [-0.4, -0.2) is 13.1 Å². The van der Waals surface area contributed by atoms with Gasteiger partial charge in [0.2, 0.25) is 0 Å². The topological polar surface area (TPSA) is 12.0 Å². The molecule has 0 aromatic heterocycles. The number of hydrogen-bond donors (Lipinski definition) is 1. The molecular formula is C14H20FN. The van der Waals surface area contributed by atoms with E-state index in [0.29, 0.717) is 5.41 Å². The van der Waals surface area contributed by atoms with Crippen molar-refractivity contribution in [2.45, 2.75) is 32.6 Å². The highest BCUT2D eigenvalue weighted by Crippen LogP contribution is 2.38. The van der Waals surface area contributed by atoms with Crippen molar-refractivity contribution >= 4 is 0 Å². The van der Waals surface area contributed by atoms with Gasteiger partial charge in [0.15, 0.2) is 0 Å². The highest BCUT2D eigenvalue weighted by Gasteiger charge is 2.37. The first-order valence-electron chi connectivity index (χ1n) is 5.88. The number of piperidine rings is 1. The summed E-state index contributed by atoms with van der Waals surface area (Å²) < 4.78 is 12.9. The minimum atomic E-state index is -0.157. The van der Waals surface area contributed by atoms with Crippen molar-refractivity contribution in [1.82, 2.24) is 5.32 Å². The van der Waals surface area contributed by atoms with Crippen LogP contribution in [0.3, 0.4) is 0 Å². The normalized spacial score (nSPS) is 29.0. The van der Waals surface area contributed by atoms with E-state index < -0.39 is 0 Å². The molecule has 1 aromatic carbocycles. The molecule has 0 amide bonds. The van der Waals surface area contributed by atoms with Crippen molar-refractivity contribution in [3.8, 4) is 0 Å². The average Bonchev–Trinajstić information content (AvgIpc) is 2.16. The SMILES string of the molecule is CC1(C)CNCC(C)(c2ccc(F)cc2)C1. The molecule has 2 heteroatoms. The van der Waals surface area contributed by atoms with Crippen LogP contribution in [0.4, 0.5) is 4.39 Å². The van der Waals surface area contributed by atoms with Gasteiger partial charge in [-0.2, -0.15) is 0 Å². The molecule has 1 aliphatic rings. The Morgan fingerprint density at radius 2 is 1.69 bits per heavy atom. The lowest BCUT2D eigenvalue weighted by molar-refractivity contribution is 0.180. The fraction of sp³-hybridized carbons (Fsp3) is 0.571. The standard InChI is InChI=1S/C14H20FN/c1-13(2)8-14(3,10-16-9-13)11-4-6-12(15)7-5-11/h4-7,16H,8-10H2,1-3H3. The smallest absolute Gasteiger partial charge is 0.123 e. The summed E-state index contributed by atoms with van der Waals surface area (Å²) in [6, 6.07) is 6.95.